The molecule has 2 amide bonds. The molecule has 0 aliphatic carbocycles. The van der Waals surface area contributed by atoms with Crippen LogP contribution in [0, 0.1) is 0 Å². The van der Waals surface area contributed by atoms with E-state index in [4.69, 9.17) is 0 Å². The Morgan fingerprint density at radius 2 is 1.80 bits per heavy atom. The summed E-state index contributed by atoms with van der Waals surface area (Å²) in [6, 6.07) is 12.4. The molecule has 1 heterocycles. The molecule has 25 heavy (non-hydrogen) atoms. The van der Waals surface area contributed by atoms with Crippen LogP contribution in [0.3, 0.4) is 0 Å². The van der Waals surface area contributed by atoms with Crippen LogP contribution in [0.25, 0.3) is 0 Å². The molecule has 4 nitrogen and oxygen atoms in total. The second kappa shape index (κ2) is 11.7. The zero-order chi connectivity index (χ0) is 18.5. The Labute approximate surface area is 159 Å². The maximum Gasteiger partial charge on any atom is 0.315 e. The van der Waals surface area contributed by atoms with Gasteiger partial charge in [0.2, 0.25) is 0 Å². The van der Waals surface area contributed by atoms with Gasteiger partial charge in [0.15, 0.2) is 0 Å². The van der Waals surface area contributed by atoms with Gasteiger partial charge in [-0.3, -0.25) is 0 Å². The molecule has 0 atom stereocenters. The van der Waals surface area contributed by atoms with Crippen LogP contribution in [0.1, 0.15) is 34.2 Å². The number of amides is 2. The van der Waals surface area contributed by atoms with Gasteiger partial charge in [0.1, 0.15) is 0 Å². The van der Waals surface area contributed by atoms with Gasteiger partial charge in [0.05, 0.1) is 0 Å². The maximum atomic E-state index is 12.0. The normalized spacial score (nSPS) is 10.6. The van der Waals surface area contributed by atoms with E-state index in [1.54, 1.807) is 11.3 Å². The van der Waals surface area contributed by atoms with Crippen molar-refractivity contribution in [3.8, 4) is 0 Å². The fraction of sp³-hybridized carbons (Fsp3) is 0.450. The van der Waals surface area contributed by atoms with Crippen molar-refractivity contribution in [2.75, 3.05) is 20.6 Å². The predicted octanol–water partition coefficient (Wildman–Crippen LogP) is 4.33. The number of rotatable bonds is 7. The molecule has 0 saturated carbocycles. The minimum Gasteiger partial charge on any atom is -0.338 e. The number of aryl methyl sites for hydroxylation is 1. The van der Waals surface area contributed by atoms with Crippen LogP contribution in [0.4, 0.5) is 4.79 Å². The summed E-state index contributed by atoms with van der Waals surface area (Å²) < 4.78 is 0. The molecular weight excluding hydrogens is 330 g/mol. The molecule has 1 aromatic heterocycles. The van der Waals surface area contributed by atoms with Crippen molar-refractivity contribution in [2.45, 2.75) is 38.6 Å². The predicted molar refractivity (Wildman–Crippen MR) is 113 cm³/mol. The Bertz CT molecular complexity index is 593. The fourth-order valence-electron chi connectivity index (χ4n) is 2.44. The maximum absolute atomic E-state index is 12.0. The Morgan fingerprint density at radius 1 is 1.12 bits per heavy atom. The summed E-state index contributed by atoms with van der Waals surface area (Å²) in [5.41, 5.74) is 2.33. The molecule has 0 fully saturated rings. The van der Waals surface area contributed by atoms with Gasteiger partial charge < -0.3 is 16.0 Å². The molecule has 2 rings (SSSR count). The molecule has 0 saturated heterocycles. The molecule has 0 spiro atoms. The minimum absolute atomic E-state index is 0. The van der Waals surface area contributed by atoms with Gasteiger partial charge in [-0.1, -0.05) is 30.3 Å². The van der Waals surface area contributed by atoms with E-state index in [0.717, 1.165) is 19.3 Å². The van der Waals surface area contributed by atoms with Crippen molar-refractivity contribution in [3.05, 3.63) is 58.3 Å². The zero-order valence-corrected chi connectivity index (χ0v) is 16.6. The van der Waals surface area contributed by atoms with Crippen molar-refractivity contribution in [1.82, 2.24) is 16.0 Å². The van der Waals surface area contributed by atoms with E-state index in [2.05, 4.69) is 44.9 Å². The lowest BCUT2D eigenvalue weighted by Gasteiger charge is -2.26. The lowest BCUT2D eigenvalue weighted by molar-refractivity contribution is 0.229. The quantitative estimate of drug-likeness (QED) is 0.640. The SMILES string of the molecule is CC(C)(Cc1ccsc1)NC(=O)NCCCc1ccccc1.CNC.[HH].[HH]. The summed E-state index contributed by atoms with van der Waals surface area (Å²) in [4.78, 5) is 12.0. The van der Waals surface area contributed by atoms with Crippen molar-refractivity contribution in [1.29, 1.82) is 0 Å². The number of thiophene rings is 1. The van der Waals surface area contributed by atoms with Crippen LogP contribution >= 0.6 is 11.3 Å². The van der Waals surface area contributed by atoms with E-state index in [1.807, 2.05) is 46.1 Å². The summed E-state index contributed by atoms with van der Waals surface area (Å²) in [7, 11) is 3.75. The first-order valence-electron chi connectivity index (χ1n) is 8.66. The van der Waals surface area contributed by atoms with Crippen LogP contribution in [0.15, 0.2) is 47.2 Å². The van der Waals surface area contributed by atoms with E-state index in [0.29, 0.717) is 6.54 Å². The lowest BCUT2D eigenvalue weighted by Crippen LogP contribution is -2.49. The number of hydrogen-bond acceptors (Lipinski definition) is 3. The third-order valence-corrected chi connectivity index (χ3v) is 4.18. The van der Waals surface area contributed by atoms with Crippen molar-refractivity contribution >= 4 is 17.4 Å². The van der Waals surface area contributed by atoms with Gasteiger partial charge in [0.25, 0.3) is 0 Å². The number of benzene rings is 1. The Morgan fingerprint density at radius 3 is 2.40 bits per heavy atom. The summed E-state index contributed by atoms with van der Waals surface area (Å²) >= 11 is 1.69. The number of carbonyl (C=O) groups is 1. The van der Waals surface area contributed by atoms with Gasteiger partial charge in [-0.15, -0.1) is 0 Å². The van der Waals surface area contributed by atoms with Crippen molar-refractivity contribution < 1.29 is 7.65 Å². The largest absolute Gasteiger partial charge is 0.338 e. The first kappa shape index (κ1) is 21.2. The average Bonchev–Trinajstić information content (AvgIpc) is 3.05. The highest BCUT2D eigenvalue weighted by atomic mass is 32.1. The highest BCUT2D eigenvalue weighted by Crippen LogP contribution is 2.15. The molecule has 0 radical (unpaired) electrons. The Kier molecular flexibility index (Phi) is 9.88. The van der Waals surface area contributed by atoms with Crippen LogP contribution < -0.4 is 16.0 Å². The van der Waals surface area contributed by atoms with E-state index in [-0.39, 0.29) is 14.4 Å². The van der Waals surface area contributed by atoms with Crippen LogP contribution in [0.2, 0.25) is 0 Å². The van der Waals surface area contributed by atoms with Crippen molar-refractivity contribution in [2.24, 2.45) is 0 Å². The Balaban J connectivity index is 0. The van der Waals surface area contributed by atoms with Crippen LogP contribution in [-0.2, 0) is 12.8 Å². The smallest absolute Gasteiger partial charge is 0.315 e. The second-order valence-electron chi connectivity index (χ2n) is 6.66. The van der Waals surface area contributed by atoms with E-state index in [9.17, 15) is 4.79 Å². The molecule has 0 unspecified atom stereocenters. The van der Waals surface area contributed by atoms with E-state index in [1.165, 1.54) is 11.1 Å². The van der Waals surface area contributed by atoms with Gasteiger partial charge in [-0.05, 0) is 75.2 Å². The third kappa shape index (κ3) is 9.89. The molecule has 0 aliphatic heterocycles. The molecule has 2 aromatic rings. The molecule has 5 heteroatoms. The van der Waals surface area contributed by atoms with E-state index >= 15 is 0 Å². The highest BCUT2D eigenvalue weighted by molar-refractivity contribution is 7.07. The standard InChI is InChI=1S/C18H24N2OS.C2H7N.2H2/c1-18(2,13-16-10-12-22-14-16)20-17(21)19-11-6-9-15-7-4-3-5-8-15;1-3-2;;/h3-5,7-8,10,12,14H,6,9,11,13H2,1-2H3,(H2,19,20,21);3H,1-2H3;2*1H. The zero-order valence-electron chi connectivity index (χ0n) is 15.8. The number of carbonyl (C=O) groups excluding carboxylic acids is 1. The summed E-state index contributed by atoms with van der Waals surface area (Å²) in [6.45, 7) is 4.79. The first-order valence-corrected chi connectivity index (χ1v) is 9.60. The molecular formula is C20H35N3OS. The number of urea groups is 1. The lowest BCUT2D eigenvalue weighted by atomic mass is 9.97. The number of hydrogen-bond donors (Lipinski definition) is 3. The fourth-order valence-corrected chi connectivity index (χ4v) is 3.11. The van der Waals surface area contributed by atoms with Gasteiger partial charge >= 0.3 is 6.03 Å². The molecule has 0 bridgehead atoms. The molecule has 1 aromatic carbocycles. The summed E-state index contributed by atoms with van der Waals surface area (Å²) in [5.74, 6) is 0. The second-order valence-corrected chi connectivity index (χ2v) is 7.44. The first-order chi connectivity index (χ1) is 12.0. The number of nitrogens with one attached hydrogen (secondary N) is 3. The average molecular weight is 366 g/mol. The topological polar surface area (TPSA) is 53.2 Å². The Hall–Kier alpha value is -1.85. The molecule has 3 N–H and O–H groups in total. The monoisotopic (exact) mass is 365 g/mol. The van der Waals surface area contributed by atoms with Crippen LogP contribution in [0.5, 0.6) is 0 Å². The summed E-state index contributed by atoms with van der Waals surface area (Å²) in [5, 5.41) is 12.9. The molecule has 142 valence electrons. The van der Waals surface area contributed by atoms with Gasteiger partial charge in [0, 0.05) is 14.9 Å². The van der Waals surface area contributed by atoms with Gasteiger partial charge in [-0.25, -0.2) is 4.79 Å². The third-order valence-electron chi connectivity index (χ3n) is 3.45. The molecule has 0 aliphatic rings. The van der Waals surface area contributed by atoms with Crippen molar-refractivity contribution in [3.63, 3.8) is 0 Å². The van der Waals surface area contributed by atoms with Crippen LogP contribution in [-0.4, -0.2) is 32.2 Å². The summed E-state index contributed by atoms with van der Waals surface area (Å²) in [6.07, 6.45) is 2.77. The van der Waals surface area contributed by atoms with E-state index < -0.39 is 0 Å². The van der Waals surface area contributed by atoms with Gasteiger partial charge in [-0.2, -0.15) is 11.3 Å². The minimum atomic E-state index is -0.245. The highest BCUT2D eigenvalue weighted by Gasteiger charge is 2.20.